The summed E-state index contributed by atoms with van der Waals surface area (Å²) in [5, 5.41) is 2.97. The molecule has 0 radical (unpaired) electrons. The SMILES string of the molecule is CC(C)(C)OC(=O)C1(Cc2ccc(F)c(NC(=O)C(c3ccc(Cl)cc3F)C3CCCC3)c2)CC1. The van der Waals surface area contributed by atoms with E-state index in [0.717, 1.165) is 31.2 Å². The minimum Gasteiger partial charge on any atom is -0.460 e. The van der Waals surface area contributed by atoms with Gasteiger partial charge in [-0.25, -0.2) is 8.78 Å². The zero-order chi connectivity index (χ0) is 25.4. The van der Waals surface area contributed by atoms with Crippen molar-refractivity contribution < 1.29 is 23.1 Å². The number of carbonyl (C=O) groups is 2. The molecule has 0 spiro atoms. The van der Waals surface area contributed by atoms with Gasteiger partial charge >= 0.3 is 5.97 Å². The summed E-state index contributed by atoms with van der Waals surface area (Å²) in [6.07, 6.45) is 5.38. The summed E-state index contributed by atoms with van der Waals surface area (Å²) in [4.78, 5) is 26.1. The van der Waals surface area contributed by atoms with Crippen molar-refractivity contribution in [3.63, 3.8) is 0 Å². The number of rotatable bonds is 7. The number of ether oxygens (including phenoxy) is 1. The van der Waals surface area contributed by atoms with E-state index in [1.54, 1.807) is 24.3 Å². The van der Waals surface area contributed by atoms with Gasteiger partial charge in [-0.05, 0) is 88.6 Å². The average molecular weight is 504 g/mol. The van der Waals surface area contributed by atoms with Crippen LogP contribution in [0.2, 0.25) is 5.02 Å². The van der Waals surface area contributed by atoms with E-state index in [4.69, 9.17) is 16.3 Å². The van der Waals surface area contributed by atoms with Crippen molar-refractivity contribution in [2.75, 3.05) is 5.32 Å². The Morgan fingerprint density at radius 2 is 1.77 bits per heavy atom. The third-order valence-corrected chi connectivity index (χ3v) is 7.20. The van der Waals surface area contributed by atoms with Crippen LogP contribution < -0.4 is 5.32 Å². The summed E-state index contributed by atoms with van der Waals surface area (Å²) in [5.41, 5.74) is -0.145. The molecule has 2 saturated carbocycles. The molecule has 1 atom stereocenters. The normalized spacial score (nSPS) is 18.2. The minimum atomic E-state index is -0.741. The Hall–Kier alpha value is -2.47. The lowest BCUT2D eigenvalue weighted by atomic mass is 9.83. The van der Waals surface area contributed by atoms with Gasteiger partial charge in [0.2, 0.25) is 5.91 Å². The van der Waals surface area contributed by atoms with Gasteiger partial charge in [0.05, 0.1) is 17.0 Å². The molecular formula is C28H32ClF2NO3. The number of carbonyl (C=O) groups excluding carboxylic acids is 2. The number of nitrogens with one attached hydrogen (secondary N) is 1. The minimum absolute atomic E-state index is 0.0289. The molecule has 188 valence electrons. The Morgan fingerprint density at radius 3 is 2.37 bits per heavy atom. The average Bonchev–Trinajstić information content (AvgIpc) is 3.35. The number of halogens is 3. The van der Waals surface area contributed by atoms with Gasteiger partial charge in [0.25, 0.3) is 0 Å². The maximum Gasteiger partial charge on any atom is 0.312 e. The molecule has 2 aromatic carbocycles. The Balaban J connectivity index is 1.55. The van der Waals surface area contributed by atoms with E-state index in [1.807, 2.05) is 20.8 Å². The third kappa shape index (κ3) is 6.03. The van der Waals surface area contributed by atoms with Gasteiger partial charge in [0, 0.05) is 10.6 Å². The number of hydrogen-bond donors (Lipinski definition) is 1. The number of esters is 1. The van der Waals surface area contributed by atoms with E-state index < -0.39 is 34.5 Å². The number of amides is 1. The molecule has 2 aliphatic rings. The fraction of sp³-hybridized carbons (Fsp3) is 0.500. The van der Waals surface area contributed by atoms with E-state index in [1.165, 1.54) is 12.1 Å². The highest BCUT2D eigenvalue weighted by Gasteiger charge is 2.52. The summed E-state index contributed by atoms with van der Waals surface area (Å²) >= 11 is 5.92. The van der Waals surface area contributed by atoms with Crippen LogP contribution in [0.25, 0.3) is 0 Å². The Bertz CT molecular complexity index is 1120. The summed E-state index contributed by atoms with van der Waals surface area (Å²) < 4.78 is 35.1. The Morgan fingerprint density at radius 1 is 1.09 bits per heavy atom. The van der Waals surface area contributed by atoms with Crippen LogP contribution in [0.15, 0.2) is 36.4 Å². The second-order valence-corrected chi connectivity index (χ2v) is 11.4. The predicted molar refractivity (Wildman–Crippen MR) is 132 cm³/mol. The lowest BCUT2D eigenvalue weighted by Crippen LogP contribution is -2.31. The zero-order valence-corrected chi connectivity index (χ0v) is 21.2. The molecule has 1 N–H and O–H groups in total. The summed E-state index contributed by atoms with van der Waals surface area (Å²) in [5.74, 6) is -2.58. The van der Waals surface area contributed by atoms with Crippen LogP contribution in [-0.2, 0) is 20.7 Å². The highest BCUT2D eigenvalue weighted by atomic mass is 35.5. The molecule has 2 aromatic rings. The molecule has 7 heteroatoms. The Kier molecular flexibility index (Phi) is 7.23. The van der Waals surface area contributed by atoms with Crippen molar-refractivity contribution in [2.24, 2.45) is 11.3 Å². The first-order valence-electron chi connectivity index (χ1n) is 12.3. The highest BCUT2D eigenvalue weighted by Crippen LogP contribution is 2.50. The fourth-order valence-electron chi connectivity index (χ4n) is 5.02. The molecule has 4 nitrogen and oxygen atoms in total. The molecule has 35 heavy (non-hydrogen) atoms. The van der Waals surface area contributed by atoms with Gasteiger partial charge in [-0.3, -0.25) is 9.59 Å². The van der Waals surface area contributed by atoms with E-state index in [2.05, 4.69) is 5.32 Å². The topological polar surface area (TPSA) is 55.4 Å². The van der Waals surface area contributed by atoms with E-state index in [9.17, 15) is 18.4 Å². The number of hydrogen-bond acceptors (Lipinski definition) is 3. The molecule has 1 unspecified atom stereocenters. The maximum atomic E-state index is 14.8. The van der Waals surface area contributed by atoms with E-state index in [0.29, 0.717) is 19.3 Å². The molecule has 0 aliphatic heterocycles. The van der Waals surface area contributed by atoms with Gasteiger partial charge < -0.3 is 10.1 Å². The Labute approximate surface area is 210 Å². The monoisotopic (exact) mass is 503 g/mol. The van der Waals surface area contributed by atoms with Crippen LogP contribution >= 0.6 is 11.6 Å². The zero-order valence-electron chi connectivity index (χ0n) is 20.4. The van der Waals surface area contributed by atoms with Gasteiger partial charge in [0.1, 0.15) is 17.2 Å². The molecule has 2 aliphatic carbocycles. The largest absolute Gasteiger partial charge is 0.460 e. The van der Waals surface area contributed by atoms with Crippen LogP contribution in [0.3, 0.4) is 0 Å². The van der Waals surface area contributed by atoms with Crippen LogP contribution in [0, 0.1) is 23.0 Å². The summed E-state index contributed by atoms with van der Waals surface area (Å²) in [6.45, 7) is 5.49. The lowest BCUT2D eigenvalue weighted by molar-refractivity contribution is -0.161. The van der Waals surface area contributed by atoms with Gasteiger partial charge in [0.15, 0.2) is 0 Å². The summed E-state index contributed by atoms with van der Waals surface area (Å²) in [7, 11) is 0. The number of anilines is 1. The highest BCUT2D eigenvalue weighted by molar-refractivity contribution is 6.30. The van der Waals surface area contributed by atoms with Crippen molar-refractivity contribution in [1.82, 2.24) is 0 Å². The first-order chi connectivity index (χ1) is 16.5. The first kappa shape index (κ1) is 25.6. The van der Waals surface area contributed by atoms with E-state index in [-0.39, 0.29) is 28.2 Å². The van der Waals surface area contributed by atoms with Crippen molar-refractivity contribution in [2.45, 2.75) is 77.2 Å². The molecule has 4 rings (SSSR count). The molecular weight excluding hydrogens is 472 g/mol. The molecule has 2 fully saturated rings. The van der Waals surface area contributed by atoms with Crippen LogP contribution in [0.5, 0.6) is 0 Å². The predicted octanol–water partition coefficient (Wildman–Crippen LogP) is 7.20. The smallest absolute Gasteiger partial charge is 0.312 e. The van der Waals surface area contributed by atoms with Gasteiger partial charge in [-0.1, -0.05) is 36.6 Å². The van der Waals surface area contributed by atoms with Gasteiger partial charge in [-0.2, -0.15) is 0 Å². The van der Waals surface area contributed by atoms with Crippen molar-refractivity contribution >= 4 is 29.2 Å². The number of benzene rings is 2. The second-order valence-electron chi connectivity index (χ2n) is 11.0. The van der Waals surface area contributed by atoms with Crippen LogP contribution in [-0.4, -0.2) is 17.5 Å². The molecule has 0 heterocycles. The maximum absolute atomic E-state index is 14.8. The third-order valence-electron chi connectivity index (χ3n) is 6.97. The second kappa shape index (κ2) is 9.88. The van der Waals surface area contributed by atoms with Crippen molar-refractivity contribution in [3.05, 3.63) is 64.2 Å². The first-order valence-corrected chi connectivity index (χ1v) is 12.6. The van der Waals surface area contributed by atoms with Crippen LogP contribution in [0.1, 0.15) is 76.3 Å². The molecule has 0 aromatic heterocycles. The lowest BCUT2D eigenvalue weighted by Gasteiger charge is -2.25. The van der Waals surface area contributed by atoms with E-state index >= 15 is 0 Å². The van der Waals surface area contributed by atoms with Crippen molar-refractivity contribution in [3.8, 4) is 0 Å². The van der Waals surface area contributed by atoms with Crippen LogP contribution in [0.4, 0.5) is 14.5 Å². The quantitative estimate of drug-likeness (QED) is 0.406. The fourth-order valence-corrected chi connectivity index (χ4v) is 5.18. The standard InChI is InChI=1S/C28H32ClF2NO3/c1-27(2,3)35-26(34)28(12-13-28)16-17-8-11-21(30)23(14-17)32-25(33)24(18-6-4-5-7-18)20-10-9-19(29)15-22(20)31/h8-11,14-15,18,24H,4-7,12-13,16H2,1-3H3,(H,32,33). The summed E-state index contributed by atoms with van der Waals surface area (Å²) in [6, 6.07) is 8.82. The van der Waals surface area contributed by atoms with Gasteiger partial charge in [-0.15, -0.1) is 0 Å². The van der Waals surface area contributed by atoms with Crippen molar-refractivity contribution in [1.29, 1.82) is 0 Å². The molecule has 0 saturated heterocycles. The molecule has 1 amide bonds. The molecule has 0 bridgehead atoms.